The van der Waals surface area contributed by atoms with Crippen LogP contribution in [0.4, 0.5) is 0 Å². The fraction of sp³-hybridized carbons (Fsp3) is 0.529. The maximum absolute atomic E-state index is 12.3. The van der Waals surface area contributed by atoms with Gasteiger partial charge in [0.2, 0.25) is 0 Å². The zero-order valence-electron chi connectivity index (χ0n) is 13.8. The highest BCUT2D eigenvalue weighted by molar-refractivity contribution is 5.94. The normalized spacial score (nSPS) is 21.8. The van der Waals surface area contributed by atoms with Gasteiger partial charge in [-0.2, -0.15) is 0 Å². The predicted molar refractivity (Wildman–Crippen MR) is 86.0 cm³/mol. The first-order valence-corrected chi connectivity index (χ1v) is 8.47. The van der Waals surface area contributed by atoms with Crippen molar-refractivity contribution in [2.75, 3.05) is 26.3 Å². The van der Waals surface area contributed by atoms with Gasteiger partial charge in [-0.3, -0.25) is 4.79 Å². The van der Waals surface area contributed by atoms with E-state index in [0.717, 1.165) is 25.9 Å². The molecule has 1 spiro atoms. The molecule has 1 amide bonds. The van der Waals surface area contributed by atoms with E-state index in [-0.39, 0.29) is 11.5 Å². The minimum Gasteiger partial charge on any atom is -0.463 e. The van der Waals surface area contributed by atoms with Gasteiger partial charge in [0.15, 0.2) is 0 Å². The minimum atomic E-state index is -0.209. The molecule has 4 rings (SSSR count). The molecule has 8 nitrogen and oxygen atoms in total. The highest BCUT2D eigenvalue weighted by atomic mass is 16.5. The Morgan fingerprint density at radius 3 is 2.96 bits per heavy atom. The summed E-state index contributed by atoms with van der Waals surface area (Å²) in [6.45, 7) is 2.56. The SMILES string of the molecule is O=C(c1cnoc1)N1CC2(CC(CCOc3ncccn3)CCO2)C1. The number of hydrogen-bond donors (Lipinski definition) is 0. The Labute approximate surface area is 145 Å². The minimum absolute atomic E-state index is 0.0536. The second-order valence-electron chi connectivity index (χ2n) is 6.63. The van der Waals surface area contributed by atoms with Gasteiger partial charge in [-0.1, -0.05) is 5.16 Å². The van der Waals surface area contributed by atoms with Crippen molar-refractivity contribution in [1.29, 1.82) is 0 Å². The number of carbonyl (C=O) groups excluding carboxylic acids is 1. The van der Waals surface area contributed by atoms with Crippen molar-refractivity contribution in [2.45, 2.75) is 24.9 Å². The number of rotatable bonds is 5. The first-order valence-electron chi connectivity index (χ1n) is 8.47. The predicted octanol–water partition coefficient (Wildman–Crippen LogP) is 1.55. The number of nitrogens with zero attached hydrogens (tertiary/aromatic N) is 4. The Kier molecular flexibility index (Phi) is 4.35. The maximum atomic E-state index is 12.3. The molecule has 1 unspecified atom stereocenters. The van der Waals surface area contributed by atoms with E-state index in [4.69, 9.17) is 14.0 Å². The van der Waals surface area contributed by atoms with Crippen molar-refractivity contribution >= 4 is 5.91 Å². The first-order chi connectivity index (χ1) is 12.2. The summed E-state index contributed by atoms with van der Waals surface area (Å²) in [6, 6.07) is 2.18. The van der Waals surface area contributed by atoms with Crippen molar-refractivity contribution in [2.24, 2.45) is 5.92 Å². The van der Waals surface area contributed by atoms with Crippen LogP contribution in [0.2, 0.25) is 0 Å². The van der Waals surface area contributed by atoms with Crippen molar-refractivity contribution in [3.05, 3.63) is 36.5 Å². The van der Waals surface area contributed by atoms with Crippen LogP contribution in [0.25, 0.3) is 0 Å². The van der Waals surface area contributed by atoms with Crippen LogP contribution in [-0.2, 0) is 4.74 Å². The lowest BCUT2D eigenvalue weighted by Gasteiger charge is -2.53. The van der Waals surface area contributed by atoms with E-state index < -0.39 is 0 Å². The number of aromatic nitrogens is 3. The van der Waals surface area contributed by atoms with Gasteiger partial charge in [-0.25, -0.2) is 9.97 Å². The van der Waals surface area contributed by atoms with Gasteiger partial charge in [-0.05, 0) is 31.2 Å². The van der Waals surface area contributed by atoms with Crippen LogP contribution < -0.4 is 4.74 Å². The molecule has 2 aromatic heterocycles. The summed E-state index contributed by atoms with van der Waals surface area (Å²) in [5, 5.41) is 3.58. The monoisotopic (exact) mass is 344 g/mol. The molecule has 8 heteroatoms. The highest BCUT2D eigenvalue weighted by Crippen LogP contribution is 2.38. The summed E-state index contributed by atoms with van der Waals surface area (Å²) in [6.07, 6.45) is 9.05. The van der Waals surface area contributed by atoms with E-state index in [1.54, 1.807) is 23.4 Å². The van der Waals surface area contributed by atoms with Crippen LogP contribution in [0.1, 0.15) is 29.6 Å². The van der Waals surface area contributed by atoms with Crippen molar-refractivity contribution in [1.82, 2.24) is 20.0 Å². The van der Waals surface area contributed by atoms with Crippen LogP contribution in [0.15, 0.2) is 35.4 Å². The Morgan fingerprint density at radius 2 is 2.20 bits per heavy atom. The van der Waals surface area contributed by atoms with E-state index >= 15 is 0 Å². The lowest BCUT2D eigenvalue weighted by atomic mass is 9.79. The number of carbonyl (C=O) groups is 1. The molecule has 2 saturated heterocycles. The molecule has 0 bridgehead atoms. The number of ether oxygens (including phenoxy) is 2. The van der Waals surface area contributed by atoms with Crippen LogP contribution >= 0.6 is 0 Å². The van der Waals surface area contributed by atoms with Crippen LogP contribution in [0, 0.1) is 5.92 Å². The summed E-state index contributed by atoms with van der Waals surface area (Å²) in [5.74, 6) is 0.465. The number of amides is 1. The molecule has 1 atom stereocenters. The largest absolute Gasteiger partial charge is 0.463 e. The molecular formula is C17H20N4O4. The lowest BCUT2D eigenvalue weighted by molar-refractivity contribution is -0.166. The third kappa shape index (κ3) is 3.48. The summed E-state index contributed by atoms with van der Waals surface area (Å²) >= 11 is 0. The molecule has 0 aliphatic carbocycles. The van der Waals surface area contributed by atoms with Crippen LogP contribution in [0.5, 0.6) is 6.01 Å². The number of hydrogen-bond acceptors (Lipinski definition) is 7. The van der Waals surface area contributed by atoms with Gasteiger partial charge >= 0.3 is 6.01 Å². The van der Waals surface area contributed by atoms with E-state index in [1.165, 1.54) is 12.5 Å². The zero-order valence-corrected chi connectivity index (χ0v) is 13.8. The molecule has 0 radical (unpaired) electrons. The Bertz CT molecular complexity index is 701. The Hall–Kier alpha value is -2.48. The molecule has 2 fully saturated rings. The molecule has 2 aliphatic heterocycles. The quantitative estimate of drug-likeness (QED) is 0.813. The number of likely N-dealkylation sites (tertiary alicyclic amines) is 1. The molecule has 132 valence electrons. The molecule has 4 heterocycles. The van der Waals surface area contributed by atoms with E-state index in [0.29, 0.717) is 37.2 Å². The molecule has 2 aromatic rings. The van der Waals surface area contributed by atoms with Gasteiger partial charge in [0.25, 0.3) is 5.91 Å². The fourth-order valence-electron chi connectivity index (χ4n) is 3.56. The molecule has 0 saturated carbocycles. The van der Waals surface area contributed by atoms with Gasteiger partial charge in [0, 0.05) is 19.0 Å². The molecule has 2 aliphatic rings. The summed E-state index contributed by atoms with van der Waals surface area (Å²) in [5.41, 5.74) is 0.275. The third-order valence-electron chi connectivity index (χ3n) is 4.82. The van der Waals surface area contributed by atoms with Crippen molar-refractivity contribution in [3.63, 3.8) is 0 Å². The summed E-state index contributed by atoms with van der Waals surface area (Å²) in [7, 11) is 0. The van der Waals surface area contributed by atoms with Crippen LogP contribution in [0.3, 0.4) is 0 Å². The molecule has 0 aromatic carbocycles. The Morgan fingerprint density at radius 1 is 1.36 bits per heavy atom. The smallest absolute Gasteiger partial charge is 0.316 e. The van der Waals surface area contributed by atoms with Gasteiger partial charge in [0.05, 0.1) is 31.5 Å². The van der Waals surface area contributed by atoms with Gasteiger partial charge < -0.3 is 18.9 Å². The average Bonchev–Trinajstić information content (AvgIpc) is 3.15. The second-order valence-corrected chi connectivity index (χ2v) is 6.63. The van der Waals surface area contributed by atoms with E-state index in [9.17, 15) is 4.79 Å². The summed E-state index contributed by atoms with van der Waals surface area (Å²) in [4.78, 5) is 22.2. The first kappa shape index (κ1) is 16.0. The Balaban J connectivity index is 1.25. The fourth-order valence-corrected chi connectivity index (χ4v) is 3.56. The maximum Gasteiger partial charge on any atom is 0.316 e. The highest BCUT2D eigenvalue weighted by Gasteiger charge is 2.49. The lowest BCUT2D eigenvalue weighted by Crippen LogP contribution is -2.66. The van der Waals surface area contributed by atoms with E-state index in [1.807, 2.05) is 0 Å². The standard InChI is InChI=1S/C17H20N4O4/c22-15(14-9-20-25-10-14)21-11-17(12-21)8-13(3-7-24-17)2-6-23-16-18-4-1-5-19-16/h1,4-5,9-10,13H,2-3,6-8,11-12H2. The summed E-state index contributed by atoms with van der Waals surface area (Å²) < 4.78 is 16.3. The van der Waals surface area contributed by atoms with E-state index in [2.05, 4.69) is 15.1 Å². The molecule has 0 N–H and O–H groups in total. The average molecular weight is 344 g/mol. The topological polar surface area (TPSA) is 90.6 Å². The third-order valence-corrected chi connectivity index (χ3v) is 4.82. The van der Waals surface area contributed by atoms with Crippen molar-refractivity contribution < 1.29 is 18.8 Å². The zero-order chi connectivity index (χ0) is 17.1. The van der Waals surface area contributed by atoms with Gasteiger partial charge in [0.1, 0.15) is 11.9 Å². The second kappa shape index (κ2) is 6.79. The van der Waals surface area contributed by atoms with Gasteiger partial charge in [-0.15, -0.1) is 0 Å². The molecule has 25 heavy (non-hydrogen) atoms. The van der Waals surface area contributed by atoms with Crippen LogP contribution in [-0.4, -0.2) is 57.8 Å². The molecular weight excluding hydrogens is 324 g/mol. The van der Waals surface area contributed by atoms with Crippen molar-refractivity contribution in [3.8, 4) is 6.01 Å².